The van der Waals surface area contributed by atoms with Crippen molar-refractivity contribution in [3.63, 3.8) is 0 Å². The normalized spacial score (nSPS) is 14.1. The van der Waals surface area contributed by atoms with E-state index in [1.54, 1.807) is 11.3 Å². The van der Waals surface area contributed by atoms with Gasteiger partial charge in [0.05, 0.1) is 18.3 Å². The summed E-state index contributed by atoms with van der Waals surface area (Å²) in [5.41, 5.74) is 0.914. The van der Waals surface area contributed by atoms with E-state index in [9.17, 15) is 13.6 Å². The molecule has 0 radical (unpaired) electrons. The van der Waals surface area contributed by atoms with Gasteiger partial charge >= 0.3 is 6.55 Å². The van der Waals surface area contributed by atoms with Gasteiger partial charge in [-0.05, 0) is 24.8 Å². The molecule has 8 heteroatoms. The summed E-state index contributed by atoms with van der Waals surface area (Å²) < 4.78 is 27.9. The van der Waals surface area contributed by atoms with Crippen LogP contribution in [0.2, 0.25) is 0 Å². The van der Waals surface area contributed by atoms with Gasteiger partial charge in [-0.2, -0.15) is 8.78 Å². The lowest BCUT2D eigenvalue weighted by Gasteiger charge is -2.08. The first-order valence-electron chi connectivity index (χ1n) is 6.94. The van der Waals surface area contributed by atoms with Crippen LogP contribution in [0.5, 0.6) is 0 Å². The molecule has 0 atom stereocenters. The standard InChI is InChI=1S/C14H12F2N4OS/c15-14(16)20-5-4-17-10(20)6-19-7-18-12-11(13(19)21)8-2-1-3-9(8)22-12/h4-5,7,14H,1-3,6H2. The van der Waals surface area contributed by atoms with Crippen molar-refractivity contribution < 1.29 is 8.78 Å². The highest BCUT2D eigenvalue weighted by Crippen LogP contribution is 2.34. The Morgan fingerprint density at radius 1 is 1.32 bits per heavy atom. The third kappa shape index (κ3) is 1.98. The molecule has 0 aliphatic heterocycles. The van der Waals surface area contributed by atoms with Gasteiger partial charge in [0.15, 0.2) is 0 Å². The first kappa shape index (κ1) is 13.6. The van der Waals surface area contributed by atoms with Crippen molar-refractivity contribution in [3.8, 4) is 0 Å². The van der Waals surface area contributed by atoms with Gasteiger partial charge in [0, 0.05) is 17.3 Å². The second-order valence-corrected chi connectivity index (χ2v) is 6.33. The summed E-state index contributed by atoms with van der Waals surface area (Å²) >= 11 is 1.56. The maximum absolute atomic E-state index is 12.9. The Kier molecular flexibility index (Phi) is 3.07. The molecule has 0 saturated carbocycles. The smallest absolute Gasteiger partial charge is 0.291 e. The monoisotopic (exact) mass is 322 g/mol. The lowest BCUT2D eigenvalue weighted by molar-refractivity contribution is 0.0666. The maximum atomic E-state index is 12.9. The summed E-state index contributed by atoms with van der Waals surface area (Å²) in [6.07, 6.45) is 6.87. The predicted molar refractivity (Wildman–Crippen MR) is 78.5 cm³/mol. The fraction of sp³-hybridized carbons (Fsp3) is 0.357. The predicted octanol–water partition coefficient (Wildman–Crippen LogP) is 2.59. The SMILES string of the molecule is O=c1c2c3c(sc2ncn1Cc1nccn1C(F)F)CCC3. The lowest BCUT2D eigenvalue weighted by Crippen LogP contribution is -2.23. The second-order valence-electron chi connectivity index (χ2n) is 5.24. The molecule has 114 valence electrons. The minimum atomic E-state index is -2.67. The molecule has 0 saturated heterocycles. The number of fused-ring (bicyclic) bond motifs is 3. The summed E-state index contributed by atoms with van der Waals surface area (Å²) in [7, 11) is 0. The van der Waals surface area contributed by atoms with E-state index in [4.69, 9.17) is 0 Å². The zero-order valence-corrected chi connectivity index (χ0v) is 12.3. The molecule has 3 aromatic rings. The number of halogens is 2. The number of imidazole rings is 1. The van der Waals surface area contributed by atoms with Crippen molar-refractivity contribution in [2.75, 3.05) is 0 Å². The summed E-state index contributed by atoms with van der Waals surface area (Å²) in [6.45, 7) is -2.68. The van der Waals surface area contributed by atoms with Crippen LogP contribution in [0, 0.1) is 0 Å². The van der Waals surface area contributed by atoms with Crippen LogP contribution < -0.4 is 5.56 Å². The Balaban J connectivity index is 1.81. The van der Waals surface area contributed by atoms with Gasteiger partial charge in [0.25, 0.3) is 5.56 Å². The quantitative estimate of drug-likeness (QED) is 0.745. The molecule has 0 fully saturated rings. The minimum absolute atomic E-state index is 0.0102. The highest BCUT2D eigenvalue weighted by Gasteiger charge is 2.22. The van der Waals surface area contributed by atoms with Crippen molar-refractivity contribution in [1.29, 1.82) is 0 Å². The highest BCUT2D eigenvalue weighted by atomic mass is 32.1. The van der Waals surface area contributed by atoms with Gasteiger partial charge in [-0.15, -0.1) is 11.3 Å². The van der Waals surface area contributed by atoms with Crippen molar-refractivity contribution in [2.24, 2.45) is 0 Å². The Morgan fingerprint density at radius 2 is 2.18 bits per heavy atom. The number of alkyl halides is 2. The van der Waals surface area contributed by atoms with Crippen LogP contribution in [-0.4, -0.2) is 19.1 Å². The van der Waals surface area contributed by atoms with E-state index < -0.39 is 6.55 Å². The number of hydrogen-bond donors (Lipinski definition) is 0. The first-order valence-corrected chi connectivity index (χ1v) is 7.76. The topological polar surface area (TPSA) is 52.7 Å². The molecular formula is C14H12F2N4OS. The molecule has 22 heavy (non-hydrogen) atoms. The van der Waals surface area contributed by atoms with Gasteiger partial charge < -0.3 is 0 Å². The van der Waals surface area contributed by atoms with E-state index >= 15 is 0 Å². The molecule has 0 bridgehead atoms. The van der Waals surface area contributed by atoms with E-state index in [0.29, 0.717) is 5.39 Å². The first-order chi connectivity index (χ1) is 10.6. The van der Waals surface area contributed by atoms with E-state index in [1.807, 2.05) is 0 Å². The van der Waals surface area contributed by atoms with Crippen molar-refractivity contribution >= 4 is 21.6 Å². The molecule has 1 aliphatic carbocycles. The molecule has 0 unspecified atom stereocenters. The summed E-state index contributed by atoms with van der Waals surface area (Å²) in [4.78, 5) is 22.9. The molecule has 5 nitrogen and oxygen atoms in total. The van der Waals surface area contributed by atoms with Crippen LogP contribution in [0.4, 0.5) is 8.78 Å². The van der Waals surface area contributed by atoms with Gasteiger partial charge in [-0.3, -0.25) is 13.9 Å². The van der Waals surface area contributed by atoms with Crippen LogP contribution in [-0.2, 0) is 19.4 Å². The third-order valence-electron chi connectivity index (χ3n) is 3.96. The molecule has 4 rings (SSSR count). The molecular weight excluding hydrogens is 310 g/mol. The average Bonchev–Trinajstić information content (AvgIpc) is 3.16. The zero-order valence-electron chi connectivity index (χ0n) is 11.5. The number of rotatable bonds is 3. The Hall–Kier alpha value is -2.09. The van der Waals surface area contributed by atoms with E-state index in [0.717, 1.165) is 34.2 Å². The summed E-state index contributed by atoms with van der Waals surface area (Å²) in [5.74, 6) is 0.144. The van der Waals surface area contributed by atoms with Crippen molar-refractivity contribution in [3.05, 3.63) is 45.3 Å². The Labute approximate surface area is 127 Å². The van der Waals surface area contributed by atoms with Crippen molar-refractivity contribution in [1.82, 2.24) is 19.1 Å². The summed E-state index contributed by atoms with van der Waals surface area (Å²) in [5, 5.41) is 0.648. The fourth-order valence-electron chi connectivity index (χ4n) is 2.93. The highest BCUT2D eigenvalue weighted by molar-refractivity contribution is 7.18. The average molecular weight is 322 g/mol. The second kappa shape index (κ2) is 4.98. The van der Waals surface area contributed by atoms with Crippen LogP contribution in [0.25, 0.3) is 10.2 Å². The zero-order chi connectivity index (χ0) is 15.3. The van der Waals surface area contributed by atoms with Crippen LogP contribution >= 0.6 is 11.3 Å². The Morgan fingerprint density at radius 3 is 3.00 bits per heavy atom. The number of aryl methyl sites for hydroxylation is 2. The van der Waals surface area contributed by atoms with Gasteiger partial charge in [-0.1, -0.05) is 0 Å². The van der Waals surface area contributed by atoms with Crippen molar-refractivity contribution in [2.45, 2.75) is 32.4 Å². The van der Waals surface area contributed by atoms with Gasteiger partial charge in [0.1, 0.15) is 10.7 Å². The molecule has 0 N–H and O–H groups in total. The summed E-state index contributed by atoms with van der Waals surface area (Å²) in [6, 6.07) is 0. The van der Waals surface area contributed by atoms with Gasteiger partial charge in [-0.25, -0.2) is 9.97 Å². The fourth-order valence-corrected chi connectivity index (χ4v) is 4.15. The molecule has 0 amide bonds. The maximum Gasteiger partial charge on any atom is 0.319 e. The van der Waals surface area contributed by atoms with Crippen LogP contribution in [0.3, 0.4) is 0 Å². The minimum Gasteiger partial charge on any atom is -0.291 e. The number of thiophene rings is 1. The van der Waals surface area contributed by atoms with Gasteiger partial charge in [0.2, 0.25) is 0 Å². The number of nitrogens with zero attached hydrogens (tertiary/aromatic N) is 4. The third-order valence-corrected chi connectivity index (χ3v) is 5.16. The number of aromatic nitrogens is 4. The van der Waals surface area contributed by atoms with E-state index in [-0.39, 0.29) is 17.9 Å². The van der Waals surface area contributed by atoms with E-state index in [1.165, 1.54) is 28.2 Å². The van der Waals surface area contributed by atoms with Crippen LogP contribution in [0.1, 0.15) is 29.2 Å². The molecule has 0 spiro atoms. The van der Waals surface area contributed by atoms with E-state index in [2.05, 4.69) is 9.97 Å². The molecule has 3 aromatic heterocycles. The van der Waals surface area contributed by atoms with Crippen LogP contribution in [0.15, 0.2) is 23.5 Å². The largest absolute Gasteiger partial charge is 0.319 e. The Bertz CT molecular complexity index is 911. The molecule has 0 aromatic carbocycles. The number of hydrogen-bond acceptors (Lipinski definition) is 4. The molecule has 3 heterocycles. The lowest BCUT2D eigenvalue weighted by atomic mass is 10.2. The molecule has 1 aliphatic rings.